The van der Waals surface area contributed by atoms with Gasteiger partial charge in [-0.05, 0) is 42.0 Å². The summed E-state index contributed by atoms with van der Waals surface area (Å²) in [6, 6.07) is 11.1. The van der Waals surface area contributed by atoms with E-state index in [4.69, 9.17) is 4.42 Å². The first kappa shape index (κ1) is 19.6. The first-order valence-electron chi connectivity index (χ1n) is 8.67. The van der Waals surface area contributed by atoms with E-state index in [-0.39, 0.29) is 29.8 Å². The van der Waals surface area contributed by atoms with Gasteiger partial charge in [0, 0.05) is 12.1 Å². The van der Waals surface area contributed by atoms with Crippen LogP contribution in [0.4, 0.5) is 8.78 Å². The van der Waals surface area contributed by atoms with E-state index in [1.807, 2.05) is 0 Å². The van der Waals surface area contributed by atoms with Crippen LogP contribution in [0.2, 0.25) is 0 Å². The van der Waals surface area contributed by atoms with Gasteiger partial charge in [0.15, 0.2) is 0 Å². The molecular formula is C19H13F2N5O3S. The number of halogens is 2. The first-order valence-corrected chi connectivity index (χ1v) is 9.48. The lowest BCUT2D eigenvalue weighted by Gasteiger charge is -2.02. The molecular weight excluding hydrogens is 416 g/mol. The summed E-state index contributed by atoms with van der Waals surface area (Å²) in [4.78, 5) is 24.2. The van der Waals surface area contributed by atoms with Crippen molar-refractivity contribution in [3.05, 3.63) is 86.3 Å². The highest BCUT2D eigenvalue weighted by Gasteiger charge is 2.16. The molecule has 2 heterocycles. The normalized spacial score (nSPS) is 10.9. The van der Waals surface area contributed by atoms with Crippen molar-refractivity contribution in [3.8, 4) is 11.5 Å². The molecule has 2 aromatic carbocycles. The van der Waals surface area contributed by atoms with Crippen molar-refractivity contribution in [2.45, 2.75) is 13.1 Å². The minimum atomic E-state index is -0.716. The third-order valence-corrected chi connectivity index (χ3v) is 4.92. The lowest BCUT2D eigenvalue weighted by atomic mass is 10.2. The van der Waals surface area contributed by atoms with Crippen LogP contribution in [0.5, 0.6) is 0 Å². The number of carbonyl (C=O) groups excluding carboxylic acids is 1. The number of rotatable bonds is 6. The van der Waals surface area contributed by atoms with Gasteiger partial charge in [-0.2, -0.15) is 4.68 Å². The third kappa shape index (κ3) is 4.46. The molecule has 2 aromatic heterocycles. The van der Waals surface area contributed by atoms with Gasteiger partial charge in [-0.1, -0.05) is 23.5 Å². The van der Waals surface area contributed by atoms with Crippen molar-refractivity contribution in [1.82, 2.24) is 25.3 Å². The molecule has 8 nitrogen and oxygen atoms in total. The maximum absolute atomic E-state index is 13.0. The van der Waals surface area contributed by atoms with Crippen LogP contribution in [-0.2, 0) is 13.1 Å². The van der Waals surface area contributed by atoms with Gasteiger partial charge in [0.25, 0.3) is 5.91 Å². The highest BCUT2D eigenvalue weighted by Crippen LogP contribution is 2.17. The second kappa shape index (κ2) is 8.33. The zero-order valence-corrected chi connectivity index (χ0v) is 16.0. The Morgan fingerprint density at radius 2 is 1.70 bits per heavy atom. The van der Waals surface area contributed by atoms with E-state index in [0.29, 0.717) is 10.6 Å². The molecule has 1 N–H and O–H groups in total. The van der Waals surface area contributed by atoms with Crippen molar-refractivity contribution in [2.24, 2.45) is 0 Å². The van der Waals surface area contributed by atoms with E-state index >= 15 is 0 Å². The molecule has 0 unspecified atom stereocenters. The van der Waals surface area contributed by atoms with Crippen LogP contribution < -0.4 is 11.1 Å². The van der Waals surface area contributed by atoms with Crippen LogP contribution >= 0.6 is 11.3 Å². The lowest BCUT2D eigenvalue weighted by Crippen LogP contribution is -2.22. The SMILES string of the molecule is O=C(NCc1ccc(F)cc1)c1nnc(Cn2nc(-c3ccc(F)cc3)oc2=O)s1. The molecule has 152 valence electrons. The predicted octanol–water partition coefficient (Wildman–Crippen LogP) is 2.61. The highest BCUT2D eigenvalue weighted by atomic mass is 32.1. The molecule has 0 saturated carbocycles. The van der Waals surface area contributed by atoms with Crippen LogP contribution in [0.1, 0.15) is 20.4 Å². The molecule has 0 spiro atoms. The Bertz CT molecular complexity index is 1230. The number of hydrogen-bond donors (Lipinski definition) is 1. The fraction of sp³-hybridized carbons (Fsp3) is 0.105. The summed E-state index contributed by atoms with van der Waals surface area (Å²) in [5.41, 5.74) is 1.18. The van der Waals surface area contributed by atoms with Crippen LogP contribution in [-0.4, -0.2) is 25.9 Å². The van der Waals surface area contributed by atoms with E-state index in [0.717, 1.165) is 21.6 Å². The topological polar surface area (TPSA) is 103 Å². The number of carbonyl (C=O) groups is 1. The van der Waals surface area contributed by atoms with Crippen molar-refractivity contribution in [2.75, 3.05) is 0 Å². The number of hydrogen-bond acceptors (Lipinski definition) is 7. The molecule has 0 aliphatic rings. The maximum atomic E-state index is 13.0. The quantitative estimate of drug-likeness (QED) is 0.505. The Labute approximate surface area is 171 Å². The Balaban J connectivity index is 1.42. The van der Waals surface area contributed by atoms with Crippen molar-refractivity contribution in [1.29, 1.82) is 0 Å². The van der Waals surface area contributed by atoms with Gasteiger partial charge in [0.05, 0.1) is 0 Å². The fourth-order valence-electron chi connectivity index (χ4n) is 2.51. The minimum absolute atomic E-state index is 0.0353. The van der Waals surface area contributed by atoms with E-state index in [1.165, 1.54) is 36.4 Å². The number of nitrogens with zero attached hydrogens (tertiary/aromatic N) is 4. The summed E-state index contributed by atoms with van der Waals surface area (Å²) in [5.74, 6) is -1.89. The van der Waals surface area contributed by atoms with Crippen LogP contribution in [0.3, 0.4) is 0 Å². The Morgan fingerprint density at radius 1 is 1.03 bits per heavy atom. The molecule has 0 aliphatic carbocycles. The standard InChI is InChI=1S/C19H13F2N5O3S/c20-13-5-1-11(2-6-13)9-22-16(27)18-24-23-15(30-18)10-26-19(28)29-17(25-26)12-3-7-14(21)8-4-12/h1-8H,9-10H2,(H,22,27). The number of amides is 1. The molecule has 0 saturated heterocycles. The molecule has 1 amide bonds. The van der Waals surface area contributed by atoms with Crippen LogP contribution in [0.15, 0.2) is 57.7 Å². The first-order chi connectivity index (χ1) is 14.5. The lowest BCUT2D eigenvalue weighted by molar-refractivity contribution is 0.0950. The monoisotopic (exact) mass is 429 g/mol. The average molecular weight is 429 g/mol. The average Bonchev–Trinajstić information content (AvgIpc) is 3.35. The second-order valence-electron chi connectivity index (χ2n) is 6.15. The predicted molar refractivity (Wildman–Crippen MR) is 103 cm³/mol. The number of aromatic nitrogens is 4. The summed E-state index contributed by atoms with van der Waals surface area (Å²) in [6.07, 6.45) is 0. The van der Waals surface area contributed by atoms with Gasteiger partial charge in [-0.3, -0.25) is 4.79 Å². The smallest absolute Gasteiger partial charge is 0.388 e. The van der Waals surface area contributed by atoms with Crippen molar-refractivity contribution < 1.29 is 18.0 Å². The molecule has 4 rings (SSSR count). The molecule has 0 aliphatic heterocycles. The highest BCUT2D eigenvalue weighted by molar-refractivity contribution is 7.13. The summed E-state index contributed by atoms with van der Waals surface area (Å²) in [5, 5.41) is 14.9. The van der Waals surface area contributed by atoms with Gasteiger partial charge < -0.3 is 9.73 Å². The summed E-state index contributed by atoms with van der Waals surface area (Å²) >= 11 is 1.00. The van der Waals surface area contributed by atoms with Gasteiger partial charge in [0.1, 0.15) is 23.2 Å². The van der Waals surface area contributed by atoms with E-state index < -0.39 is 17.5 Å². The van der Waals surface area contributed by atoms with Crippen LogP contribution in [0, 0.1) is 11.6 Å². The largest absolute Gasteiger partial charge is 0.437 e. The van der Waals surface area contributed by atoms with Crippen LogP contribution in [0.25, 0.3) is 11.5 Å². The molecule has 0 bridgehead atoms. The van der Waals surface area contributed by atoms with E-state index in [9.17, 15) is 18.4 Å². The molecule has 0 atom stereocenters. The molecule has 0 fully saturated rings. The van der Waals surface area contributed by atoms with Crippen molar-refractivity contribution in [3.63, 3.8) is 0 Å². The van der Waals surface area contributed by atoms with E-state index in [1.54, 1.807) is 12.1 Å². The zero-order chi connectivity index (χ0) is 21.1. The van der Waals surface area contributed by atoms with Crippen molar-refractivity contribution >= 4 is 17.2 Å². The second-order valence-corrected chi connectivity index (χ2v) is 7.21. The third-order valence-electron chi connectivity index (χ3n) is 4.01. The molecule has 30 heavy (non-hydrogen) atoms. The summed E-state index contributed by atoms with van der Waals surface area (Å²) in [6.45, 7) is 0.171. The summed E-state index contributed by atoms with van der Waals surface area (Å²) in [7, 11) is 0. The van der Waals surface area contributed by atoms with Gasteiger partial charge in [0.2, 0.25) is 10.9 Å². The Hall–Kier alpha value is -3.73. The maximum Gasteiger partial charge on any atom is 0.437 e. The molecule has 11 heteroatoms. The molecule has 4 aromatic rings. The van der Waals surface area contributed by atoms with Gasteiger partial charge in [-0.15, -0.1) is 15.3 Å². The number of nitrogens with one attached hydrogen (secondary N) is 1. The zero-order valence-electron chi connectivity index (χ0n) is 15.2. The summed E-state index contributed by atoms with van der Waals surface area (Å²) < 4.78 is 32.1. The molecule has 0 radical (unpaired) electrons. The Kier molecular flexibility index (Phi) is 5.44. The fourth-order valence-corrected chi connectivity index (χ4v) is 3.25. The minimum Gasteiger partial charge on any atom is -0.388 e. The van der Waals surface area contributed by atoms with Gasteiger partial charge in [-0.25, -0.2) is 13.6 Å². The number of benzene rings is 2. The van der Waals surface area contributed by atoms with Gasteiger partial charge >= 0.3 is 5.76 Å². The Morgan fingerprint density at radius 3 is 2.40 bits per heavy atom. The van der Waals surface area contributed by atoms with E-state index in [2.05, 4.69) is 20.6 Å².